The zero-order chi connectivity index (χ0) is 19.2. The highest BCUT2D eigenvalue weighted by molar-refractivity contribution is 7.89. The van der Waals surface area contributed by atoms with Crippen LogP contribution in [-0.4, -0.2) is 20.9 Å². The highest BCUT2D eigenvalue weighted by Gasteiger charge is 2.16. The second-order valence-electron chi connectivity index (χ2n) is 6.09. The second kappa shape index (κ2) is 8.82. The SMILES string of the molecule is CC[C@@H](C)c1ccc(S(=O)(=O)NNC(=O)COc2ccccc2C)cc1. The van der Waals surface area contributed by atoms with Crippen molar-refractivity contribution in [2.45, 2.75) is 38.0 Å². The molecule has 26 heavy (non-hydrogen) atoms. The Morgan fingerprint density at radius 2 is 1.77 bits per heavy atom. The van der Waals surface area contributed by atoms with Crippen LogP contribution in [0.4, 0.5) is 0 Å². The number of carbonyl (C=O) groups excluding carboxylic acids is 1. The maximum atomic E-state index is 12.2. The third-order valence-corrected chi connectivity index (χ3v) is 5.41. The van der Waals surface area contributed by atoms with Gasteiger partial charge in [0.25, 0.3) is 15.9 Å². The fourth-order valence-electron chi connectivity index (χ4n) is 2.29. The van der Waals surface area contributed by atoms with E-state index in [1.165, 1.54) is 12.1 Å². The first-order chi connectivity index (χ1) is 12.3. The molecular weight excluding hydrogens is 352 g/mol. The lowest BCUT2D eigenvalue weighted by Gasteiger charge is -2.12. The van der Waals surface area contributed by atoms with E-state index in [0.29, 0.717) is 11.7 Å². The molecule has 1 amide bonds. The van der Waals surface area contributed by atoms with E-state index in [1.807, 2.05) is 19.1 Å². The van der Waals surface area contributed by atoms with E-state index in [-0.39, 0.29) is 11.5 Å². The maximum absolute atomic E-state index is 12.2. The summed E-state index contributed by atoms with van der Waals surface area (Å²) in [5, 5.41) is 0. The smallest absolute Gasteiger partial charge is 0.272 e. The van der Waals surface area contributed by atoms with Crippen LogP contribution in [0.1, 0.15) is 37.3 Å². The molecule has 2 rings (SSSR count). The number of rotatable bonds is 8. The van der Waals surface area contributed by atoms with Gasteiger partial charge in [-0.2, -0.15) is 0 Å². The van der Waals surface area contributed by atoms with Gasteiger partial charge in [0.1, 0.15) is 5.75 Å². The molecule has 1 atom stereocenters. The average Bonchev–Trinajstić information content (AvgIpc) is 2.65. The van der Waals surface area contributed by atoms with Crippen LogP contribution in [0.25, 0.3) is 0 Å². The molecule has 140 valence electrons. The Bertz CT molecular complexity index is 848. The lowest BCUT2D eigenvalue weighted by Crippen LogP contribution is -2.43. The number of sulfonamides is 1. The van der Waals surface area contributed by atoms with Gasteiger partial charge in [0.2, 0.25) is 0 Å². The standard InChI is InChI=1S/C19H24N2O4S/c1-4-14(2)16-9-11-17(12-10-16)26(23,24)21-20-19(22)13-25-18-8-6-5-7-15(18)3/h5-12,14,21H,4,13H2,1-3H3,(H,20,22)/t14-/m1/s1. The number of para-hydroxylation sites is 1. The first kappa shape index (κ1) is 19.9. The van der Waals surface area contributed by atoms with E-state index in [4.69, 9.17) is 4.74 Å². The molecule has 2 N–H and O–H groups in total. The van der Waals surface area contributed by atoms with Crippen molar-refractivity contribution in [3.63, 3.8) is 0 Å². The minimum absolute atomic E-state index is 0.0877. The van der Waals surface area contributed by atoms with Crippen molar-refractivity contribution >= 4 is 15.9 Å². The summed E-state index contributed by atoms with van der Waals surface area (Å²) < 4.78 is 29.9. The number of hydrazine groups is 1. The third kappa shape index (κ3) is 5.31. The molecule has 0 fully saturated rings. The summed E-state index contributed by atoms with van der Waals surface area (Å²) in [6.45, 7) is 5.72. The van der Waals surface area contributed by atoms with Gasteiger partial charge in [-0.1, -0.05) is 44.2 Å². The molecule has 0 radical (unpaired) electrons. The van der Waals surface area contributed by atoms with Crippen molar-refractivity contribution in [3.8, 4) is 5.75 Å². The molecule has 0 saturated carbocycles. The molecule has 0 aliphatic rings. The topological polar surface area (TPSA) is 84.5 Å². The average molecular weight is 376 g/mol. The number of aryl methyl sites for hydroxylation is 1. The molecule has 0 unspecified atom stereocenters. The second-order valence-corrected chi connectivity index (χ2v) is 7.77. The summed E-state index contributed by atoms with van der Waals surface area (Å²) in [6.07, 6.45) is 0.974. The summed E-state index contributed by atoms with van der Waals surface area (Å²) in [5.41, 5.74) is 4.12. The van der Waals surface area contributed by atoms with E-state index < -0.39 is 15.9 Å². The summed E-state index contributed by atoms with van der Waals surface area (Å²) in [6, 6.07) is 13.9. The van der Waals surface area contributed by atoms with Crippen molar-refractivity contribution in [3.05, 3.63) is 59.7 Å². The van der Waals surface area contributed by atoms with Crippen molar-refractivity contribution in [1.29, 1.82) is 0 Å². The van der Waals surface area contributed by atoms with Crippen molar-refractivity contribution in [2.75, 3.05) is 6.61 Å². The van der Waals surface area contributed by atoms with Gasteiger partial charge in [0, 0.05) is 0 Å². The first-order valence-electron chi connectivity index (χ1n) is 8.42. The first-order valence-corrected chi connectivity index (χ1v) is 9.91. The summed E-state index contributed by atoms with van der Waals surface area (Å²) >= 11 is 0. The Kier molecular flexibility index (Phi) is 6.76. The Morgan fingerprint density at radius 3 is 2.38 bits per heavy atom. The zero-order valence-corrected chi connectivity index (χ0v) is 16.0. The monoisotopic (exact) mass is 376 g/mol. The molecule has 7 heteroatoms. The molecule has 2 aromatic rings. The predicted molar refractivity (Wildman–Crippen MR) is 100 cm³/mol. The van der Waals surface area contributed by atoms with Crippen molar-refractivity contribution in [2.24, 2.45) is 0 Å². The molecule has 0 heterocycles. The van der Waals surface area contributed by atoms with Crippen LogP contribution in [0.3, 0.4) is 0 Å². The van der Waals surface area contributed by atoms with E-state index >= 15 is 0 Å². The van der Waals surface area contributed by atoms with Gasteiger partial charge in [-0.05, 0) is 48.6 Å². The molecule has 0 bridgehead atoms. The highest BCUT2D eigenvalue weighted by Crippen LogP contribution is 2.20. The maximum Gasteiger partial charge on any atom is 0.272 e. The molecule has 0 aliphatic heterocycles. The normalized spacial score (nSPS) is 12.4. The van der Waals surface area contributed by atoms with Gasteiger partial charge in [0.05, 0.1) is 4.90 Å². The van der Waals surface area contributed by atoms with Gasteiger partial charge >= 0.3 is 0 Å². The Hall–Kier alpha value is -2.38. The van der Waals surface area contributed by atoms with E-state index in [0.717, 1.165) is 17.5 Å². The predicted octanol–water partition coefficient (Wildman–Crippen LogP) is 2.90. The lowest BCUT2D eigenvalue weighted by atomic mass is 9.99. The van der Waals surface area contributed by atoms with E-state index in [1.54, 1.807) is 24.3 Å². The molecule has 0 spiro atoms. The fraction of sp³-hybridized carbons (Fsp3) is 0.316. The van der Waals surface area contributed by atoms with Crippen LogP contribution >= 0.6 is 0 Å². The molecule has 0 aliphatic carbocycles. The summed E-state index contributed by atoms with van der Waals surface area (Å²) in [7, 11) is -3.83. The Morgan fingerprint density at radius 1 is 1.12 bits per heavy atom. The van der Waals surface area contributed by atoms with Crippen LogP contribution in [0, 0.1) is 6.92 Å². The number of amides is 1. The number of ether oxygens (including phenoxy) is 1. The zero-order valence-electron chi connectivity index (χ0n) is 15.2. The molecule has 6 nitrogen and oxygen atoms in total. The van der Waals surface area contributed by atoms with Crippen LogP contribution in [0.2, 0.25) is 0 Å². The quantitative estimate of drug-likeness (QED) is 0.694. The van der Waals surface area contributed by atoms with Crippen LogP contribution in [0.5, 0.6) is 5.75 Å². The van der Waals surface area contributed by atoms with Crippen LogP contribution in [-0.2, 0) is 14.8 Å². The van der Waals surface area contributed by atoms with Gasteiger partial charge < -0.3 is 4.74 Å². The van der Waals surface area contributed by atoms with Gasteiger partial charge in [0.15, 0.2) is 6.61 Å². The molecule has 2 aromatic carbocycles. The van der Waals surface area contributed by atoms with Crippen LogP contribution < -0.4 is 15.0 Å². The van der Waals surface area contributed by atoms with Crippen LogP contribution in [0.15, 0.2) is 53.4 Å². The largest absolute Gasteiger partial charge is 0.483 e. The number of nitrogens with one attached hydrogen (secondary N) is 2. The Labute approximate surface area is 154 Å². The molecule has 0 saturated heterocycles. The lowest BCUT2D eigenvalue weighted by molar-refractivity contribution is -0.123. The highest BCUT2D eigenvalue weighted by atomic mass is 32.2. The number of hydrogen-bond donors (Lipinski definition) is 2. The third-order valence-electron chi connectivity index (χ3n) is 4.15. The van der Waals surface area contributed by atoms with Gasteiger partial charge in [-0.3, -0.25) is 10.2 Å². The van der Waals surface area contributed by atoms with Gasteiger partial charge in [-0.25, -0.2) is 8.42 Å². The Balaban J connectivity index is 1.91. The molecule has 0 aromatic heterocycles. The minimum atomic E-state index is -3.83. The number of carbonyl (C=O) groups is 1. The van der Waals surface area contributed by atoms with E-state index in [2.05, 4.69) is 24.1 Å². The van der Waals surface area contributed by atoms with Crippen molar-refractivity contribution < 1.29 is 17.9 Å². The summed E-state index contributed by atoms with van der Waals surface area (Å²) in [4.78, 5) is 14.0. The summed E-state index contributed by atoms with van der Waals surface area (Å²) in [5.74, 6) is 0.345. The number of benzene rings is 2. The minimum Gasteiger partial charge on any atom is -0.483 e. The van der Waals surface area contributed by atoms with Gasteiger partial charge in [-0.15, -0.1) is 4.83 Å². The number of hydrogen-bond acceptors (Lipinski definition) is 4. The van der Waals surface area contributed by atoms with E-state index in [9.17, 15) is 13.2 Å². The fourth-order valence-corrected chi connectivity index (χ4v) is 3.15. The molecular formula is C19H24N2O4S. The van der Waals surface area contributed by atoms with Crippen molar-refractivity contribution in [1.82, 2.24) is 10.3 Å².